The summed E-state index contributed by atoms with van der Waals surface area (Å²) in [6.07, 6.45) is 2.66. The van der Waals surface area contributed by atoms with Crippen LogP contribution >= 0.6 is 0 Å². The molecule has 1 unspecified atom stereocenters. The molecule has 0 heterocycles. The molecule has 0 aromatic carbocycles. The van der Waals surface area contributed by atoms with Crippen molar-refractivity contribution < 1.29 is 14.6 Å². The first-order chi connectivity index (χ1) is 8.06. The lowest BCUT2D eigenvalue weighted by Crippen LogP contribution is -2.46. The molecule has 0 rings (SSSR count). The molecule has 0 saturated carbocycles. The molecule has 0 fully saturated rings. The predicted octanol–water partition coefficient (Wildman–Crippen LogP) is 3.75. The van der Waals surface area contributed by atoms with Crippen molar-refractivity contribution in [3.8, 4) is 0 Å². The van der Waals surface area contributed by atoms with Crippen molar-refractivity contribution >= 4 is 5.97 Å². The van der Waals surface area contributed by atoms with Gasteiger partial charge in [-0.25, -0.2) is 0 Å². The molecular formula is C15H30O3. The van der Waals surface area contributed by atoms with Crippen LogP contribution < -0.4 is 0 Å². The first kappa shape index (κ1) is 17.4. The van der Waals surface area contributed by atoms with Crippen LogP contribution in [0.5, 0.6) is 0 Å². The Morgan fingerprint density at radius 1 is 1.06 bits per heavy atom. The van der Waals surface area contributed by atoms with Crippen LogP contribution in [-0.4, -0.2) is 17.9 Å². The second kappa shape index (κ2) is 6.05. The quantitative estimate of drug-likeness (QED) is 0.559. The topological polar surface area (TPSA) is 46.5 Å². The third-order valence-electron chi connectivity index (χ3n) is 4.81. The summed E-state index contributed by atoms with van der Waals surface area (Å²) >= 11 is 0. The maximum absolute atomic E-state index is 12.3. The van der Waals surface area contributed by atoms with Crippen LogP contribution in [0.3, 0.4) is 0 Å². The van der Waals surface area contributed by atoms with Gasteiger partial charge in [0.2, 0.25) is 0 Å². The molecule has 108 valence electrons. The summed E-state index contributed by atoms with van der Waals surface area (Å²) in [6, 6.07) is 0. The Morgan fingerprint density at radius 3 is 1.89 bits per heavy atom. The molecule has 1 N–H and O–H groups in total. The predicted molar refractivity (Wildman–Crippen MR) is 74.0 cm³/mol. The minimum atomic E-state index is -0.579. The highest BCUT2D eigenvalue weighted by atomic mass is 16.6. The van der Waals surface area contributed by atoms with E-state index in [2.05, 4.69) is 41.5 Å². The van der Waals surface area contributed by atoms with Gasteiger partial charge in [0, 0.05) is 0 Å². The lowest BCUT2D eigenvalue weighted by Gasteiger charge is -2.45. The molecular weight excluding hydrogens is 228 g/mol. The Bertz CT molecular complexity index is 281. The molecule has 0 aromatic rings. The van der Waals surface area contributed by atoms with Crippen LogP contribution in [0.2, 0.25) is 0 Å². The molecule has 0 aliphatic rings. The van der Waals surface area contributed by atoms with Crippen molar-refractivity contribution in [2.24, 2.45) is 16.2 Å². The summed E-state index contributed by atoms with van der Waals surface area (Å²) in [7, 11) is 0. The monoisotopic (exact) mass is 258 g/mol. The van der Waals surface area contributed by atoms with Crippen molar-refractivity contribution in [2.75, 3.05) is 6.79 Å². The van der Waals surface area contributed by atoms with Crippen LogP contribution in [0.25, 0.3) is 0 Å². The van der Waals surface area contributed by atoms with Crippen LogP contribution in [-0.2, 0) is 9.53 Å². The SMILES string of the molecule is CCC(C)(C)CC(C)(C(=O)OCO)C(C)(C)CC. The maximum atomic E-state index is 12.3. The third-order valence-corrected chi connectivity index (χ3v) is 4.81. The highest BCUT2D eigenvalue weighted by molar-refractivity contribution is 5.77. The van der Waals surface area contributed by atoms with E-state index in [1.54, 1.807) is 0 Å². The van der Waals surface area contributed by atoms with Gasteiger partial charge in [-0.3, -0.25) is 4.79 Å². The normalized spacial score (nSPS) is 16.2. The summed E-state index contributed by atoms with van der Waals surface area (Å²) < 4.78 is 4.90. The van der Waals surface area contributed by atoms with E-state index in [9.17, 15) is 4.79 Å². The van der Waals surface area contributed by atoms with Crippen LogP contribution in [0, 0.1) is 16.2 Å². The first-order valence-corrected chi connectivity index (χ1v) is 6.84. The van der Waals surface area contributed by atoms with E-state index in [0.717, 1.165) is 19.3 Å². The van der Waals surface area contributed by atoms with E-state index in [-0.39, 0.29) is 16.8 Å². The standard InChI is InChI=1S/C15H30O3/c1-8-13(3,4)10-15(7,12(17)18-11-16)14(5,6)9-2/h16H,8-11H2,1-7H3. The fraction of sp³-hybridized carbons (Fsp3) is 0.933. The molecule has 3 heteroatoms. The number of carbonyl (C=O) groups is 1. The number of carbonyl (C=O) groups excluding carboxylic acids is 1. The van der Waals surface area contributed by atoms with Gasteiger partial charge in [-0.15, -0.1) is 0 Å². The Kier molecular flexibility index (Phi) is 5.86. The molecule has 0 radical (unpaired) electrons. The van der Waals surface area contributed by atoms with Gasteiger partial charge in [-0.05, 0) is 30.6 Å². The van der Waals surface area contributed by atoms with Gasteiger partial charge in [-0.1, -0.05) is 48.0 Å². The number of rotatable bonds is 7. The van der Waals surface area contributed by atoms with Crippen molar-refractivity contribution in [3.05, 3.63) is 0 Å². The van der Waals surface area contributed by atoms with Gasteiger partial charge in [0.05, 0.1) is 5.41 Å². The van der Waals surface area contributed by atoms with E-state index in [1.165, 1.54) is 0 Å². The molecule has 0 aliphatic carbocycles. The highest BCUT2D eigenvalue weighted by Gasteiger charge is 2.49. The summed E-state index contributed by atoms with van der Waals surface area (Å²) in [5, 5.41) is 8.85. The van der Waals surface area contributed by atoms with Crippen molar-refractivity contribution in [3.63, 3.8) is 0 Å². The third kappa shape index (κ3) is 3.71. The molecule has 18 heavy (non-hydrogen) atoms. The molecule has 0 amide bonds. The second-order valence-electron chi connectivity index (χ2n) is 6.82. The van der Waals surface area contributed by atoms with Crippen molar-refractivity contribution in [1.29, 1.82) is 0 Å². The number of aliphatic hydroxyl groups excluding tert-OH is 1. The minimum absolute atomic E-state index is 0.0790. The van der Waals surface area contributed by atoms with E-state index in [1.807, 2.05) is 6.92 Å². The summed E-state index contributed by atoms with van der Waals surface area (Å²) in [4.78, 5) is 12.3. The van der Waals surface area contributed by atoms with E-state index in [4.69, 9.17) is 9.84 Å². The minimum Gasteiger partial charge on any atom is -0.438 e. The molecule has 0 spiro atoms. The zero-order chi connectivity index (χ0) is 14.6. The molecule has 0 saturated heterocycles. The fourth-order valence-electron chi connectivity index (χ4n) is 2.28. The number of aliphatic hydroxyl groups is 1. The molecule has 0 aliphatic heterocycles. The maximum Gasteiger partial charge on any atom is 0.314 e. The van der Waals surface area contributed by atoms with Gasteiger partial charge in [0.1, 0.15) is 0 Å². The van der Waals surface area contributed by atoms with Gasteiger partial charge in [0.15, 0.2) is 6.79 Å². The molecule has 0 aromatic heterocycles. The largest absolute Gasteiger partial charge is 0.438 e. The van der Waals surface area contributed by atoms with Crippen LogP contribution in [0.15, 0.2) is 0 Å². The average molecular weight is 258 g/mol. The summed E-state index contributed by atoms with van der Waals surface area (Å²) in [5.74, 6) is -0.293. The smallest absolute Gasteiger partial charge is 0.314 e. The van der Waals surface area contributed by atoms with Gasteiger partial charge in [-0.2, -0.15) is 0 Å². The zero-order valence-corrected chi connectivity index (χ0v) is 13.1. The molecule has 1 atom stereocenters. The van der Waals surface area contributed by atoms with Crippen LogP contribution in [0.4, 0.5) is 0 Å². The Hall–Kier alpha value is -0.570. The molecule has 3 nitrogen and oxygen atoms in total. The summed E-state index contributed by atoms with van der Waals surface area (Å²) in [5.41, 5.74) is -0.661. The van der Waals surface area contributed by atoms with Gasteiger partial charge >= 0.3 is 5.97 Å². The second-order valence-corrected chi connectivity index (χ2v) is 6.82. The highest BCUT2D eigenvalue weighted by Crippen LogP contribution is 2.50. The summed E-state index contributed by atoms with van der Waals surface area (Å²) in [6.45, 7) is 14.2. The number of hydrogen-bond acceptors (Lipinski definition) is 3. The van der Waals surface area contributed by atoms with Gasteiger partial charge in [0.25, 0.3) is 0 Å². The number of hydrogen-bond donors (Lipinski definition) is 1. The van der Waals surface area contributed by atoms with Crippen molar-refractivity contribution in [1.82, 2.24) is 0 Å². The lowest BCUT2D eigenvalue weighted by atomic mass is 9.58. The average Bonchev–Trinajstić information content (AvgIpc) is 2.28. The van der Waals surface area contributed by atoms with Gasteiger partial charge < -0.3 is 9.84 Å². The fourth-order valence-corrected chi connectivity index (χ4v) is 2.28. The first-order valence-electron chi connectivity index (χ1n) is 6.84. The van der Waals surface area contributed by atoms with Crippen molar-refractivity contribution in [2.45, 2.75) is 67.7 Å². The molecule has 0 bridgehead atoms. The van der Waals surface area contributed by atoms with E-state index < -0.39 is 12.2 Å². The van der Waals surface area contributed by atoms with E-state index in [0.29, 0.717) is 0 Å². The Morgan fingerprint density at radius 2 is 1.56 bits per heavy atom. The number of esters is 1. The van der Waals surface area contributed by atoms with E-state index >= 15 is 0 Å². The lowest BCUT2D eigenvalue weighted by molar-refractivity contribution is -0.174. The number of ether oxygens (including phenoxy) is 1. The Balaban J connectivity index is 5.36. The van der Waals surface area contributed by atoms with Crippen LogP contribution in [0.1, 0.15) is 67.7 Å². The zero-order valence-electron chi connectivity index (χ0n) is 13.1. The Labute approximate surface area is 112 Å².